The standard InChI is InChI=1S/C13H16ClFN2O3/c14-10-7-12(13(17(19)20)8-11(10)15)16-5-2-1-3-9(16)4-6-18/h7-9,18H,1-6H2. The van der Waals surface area contributed by atoms with Gasteiger partial charge in [-0.15, -0.1) is 0 Å². The lowest BCUT2D eigenvalue weighted by Crippen LogP contribution is -2.40. The monoisotopic (exact) mass is 302 g/mol. The number of rotatable bonds is 4. The first-order valence-electron chi connectivity index (χ1n) is 6.55. The summed E-state index contributed by atoms with van der Waals surface area (Å²) in [6.45, 7) is 0.664. The number of nitro benzene ring substituents is 1. The summed E-state index contributed by atoms with van der Waals surface area (Å²) in [5, 5.41) is 20.1. The van der Waals surface area contributed by atoms with Crippen molar-refractivity contribution in [1.29, 1.82) is 0 Å². The number of halogens is 2. The quantitative estimate of drug-likeness (QED) is 0.685. The van der Waals surface area contributed by atoms with Crippen molar-refractivity contribution in [2.45, 2.75) is 31.7 Å². The molecule has 1 unspecified atom stereocenters. The Balaban J connectivity index is 2.43. The highest BCUT2D eigenvalue weighted by Crippen LogP contribution is 2.37. The number of piperidine rings is 1. The van der Waals surface area contributed by atoms with Crippen LogP contribution in [0.1, 0.15) is 25.7 Å². The van der Waals surface area contributed by atoms with Gasteiger partial charge in [-0.25, -0.2) is 4.39 Å². The molecule has 0 saturated carbocycles. The van der Waals surface area contributed by atoms with Gasteiger partial charge in [0.25, 0.3) is 5.69 Å². The van der Waals surface area contributed by atoms with E-state index in [4.69, 9.17) is 16.7 Å². The summed E-state index contributed by atoms with van der Waals surface area (Å²) < 4.78 is 13.4. The molecular formula is C13H16ClFN2O3. The summed E-state index contributed by atoms with van der Waals surface area (Å²) in [7, 11) is 0. The highest BCUT2D eigenvalue weighted by molar-refractivity contribution is 6.31. The highest BCUT2D eigenvalue weighted by Gasteiger charge is 2.29. The fraction of sp³-hybridized carbons (Fsp3) is 0.538. The molecule has 1 atom stereocenters. The zero-order chi connectivity index (χ0) is 14.7. The van der Waals surface area contributed by atoms with Crippen molar-refractivity contribution in [3.8, 4) is 0 Å². The molecule has 1 heterocycles. The van der Waals surface area contributed by atoms with Crippen molar-refractivity contribution < 1.29 is 14.4 Å². The minimum Gasteiger partial charge on any atom is -0.396 e. The Morgan fingerprint density at radius 2 is 2.25 bits per heavy atom. The first-order valence-corrected chi connectivity index (χ1v) is 6.93. The summed E-state index contributed by atoms with van der Waals surface area (Å²) in [6, 6.07) is 2.20. The Morgan fingerprint density at radius 3 is 2.90 bits per heavy atom. The molecule has 1 saturated heterocycles. The van der Waals surface area contributed by atoms with E-state index in [1.165, 1.54) is 6.07 Å². The van der Waals surface area contributed by atoms with Crippen molar-refractivity contribution in [1.82, 2.24) is 0 Å². The molecule has 1 fully saturated rings. The summed E-state index contributed by atoms with van der Waals surface area (Å²) in [4.78, 5) is 12.4. The van der Waals surface area contributed by atoms with E-state index in [2.05, 4.69) is 0 Å². The SMILES string of the molecule is O=[N+]([O-])c1cc(F)c(Cl)cc1N1CCCCC1CCO. The first kappa shape index (κ1) is 15.0. The molecule has 0 radical (unpaired) electrons. The van der Waals surface area contributed by atoms with Crippen LogP contribution in [-0.2, 0) is 0 Å². The molecule has 7 heteroatoms. The average molecular weight is 303 g/mol. The van der Waals surface area contributed by atoms with Crippen LogP contribution in [0.4, 0.5) is 15.8 Å². The Kier molecular flexibility index (Phi) is 4.77. The van der Waals surface area contributed by atoms with Crippen LogP contribution in [0.2, 0.25) is 5.02 Å². The van der Waals surface area contributed by atoms with Crippen molar-refractivity contribution in [3.63, 3.8) is 0 Å². The molecule has 110 valence electrons. The van der Waals surface area contributed by atoms with Crippen LogP contribution in [0.3, 0.4) is 0 Å². The Morgan fingerprint density at radius 1 is 1.50 bits per heavy atom. The second kappa shape index (κ2) is 6.37. The van der Waals surface area contributed by atoms with Crippen molar-refractivity contribution in [2.24, 2.45) is 0 Å². The van der Waals surface area contributed by atoms with Gasteiger partial charge >= 0.3 is 0 Å². The summed E-state index contributed by atoms with van der Waals surface area (Å²) in [6.07, 6.45) is 3.32. The topological polar surface area (TPSA) is 66.6 Å². The van der Waals surface area contributed by atoms with Gasteiger partial charge in [0.1, 0.15) is 11.5 Å². The predicted molar refractivity (Wildman–Crippen MR) is 74.8 cm³/mol. The van der Waals surface area contributed by atoms with E-state index < -0.39 is 10.7 Å². The maximum absolute atomic E-state index is 13.4. The molecule has 0 spiro atoms. The number of nitro groups is 1. The largest absolute Gasteiger partial charge is 0.396 e. The van der Waals surface area contributed by atoms with E-state index in [1.807, 2.05) is 4.90 Å². The number of nitrogens with zero attached hydrogens (tertiary/aromatic N) is 2. The van der Waals surface area contributed by atoms with Gasteiger partial charge in [-0.3, -0.25) is 10.1 Å². The van der Waals surface area contributed by atoms with Crippen LogP contribution in [0.15, 0.2) is 12.1 Å². The normalized spacial score (nSPS) is 19.1. The predicted octanol–water partition coefficient (Wildman–Crippen LogP) is 3.13. The maximum Gasteiger partial charge on any atom is 0.295 e. The lowest BCUT2D eigenvalue weighted by atomic mass is 9.98. The Labute approximate surface area is 121 Å². The van der Waals surface area contributed by atoms with Crippen molar-refractivity contribution in [2.75, 3.05) is 18.1 Å². The van der Waals surface area contributed by atoms with Crippen LogP contribution < -0.4 is 4.90 Å². The molecule has 5 nitrogen and oxygen atoms in total. The minimum atomic E-state index is -0.794. The van der Waals surface area contributed by atoms with Crippen LogP contribution >= 0.6 is 11.6 Å². The van der Waals surface area contributed by atoms with E-state index in [-0.39, 0.29) is 23.4 Å². The minimum absolute atomic E-state index is 0.0177. The summed E-state index contributed by atoms with van der Waals surface area (Å²) >= 11 is 5.76. The zero-order valence-corrected chi connectivity index (χ0v) is 11.6. The number of anilines is 1. The van der Waals surface area contributed by atoms with Gasteiger partial charge in [-0.2, -0.15) is 0 Å². The van der Waals surface area contributed by atoms with Gasteiger partial charge in [0.05, 0.1) is 16.0 Å². The Hall–Kier alpha value is -1.40. The zero-order valence-electron chi connectivity index (χ0n) is 10.9. The molecule has 1 aliphatic rings. The summed E-state index contributed by atoms with van der Waals surface area (Å²) in [5.41, 5.74) is 0.0521. The van der Waals surface area contributed by atoms with Crippen LogP contribution in [0, 0.1) is 15.9 Å². The second-order valence-corrected chi connectivity index (χ2v) is 5.27. The van der Waals surface area contributed by atoms with E-state index in [1.54, 1.807) is 0 Å². The Bertz CT molecular complexity index is 511. The highest BCUT2D eigenvalue weighted by atomic mass is 35.5. The average Bonchev–Trinajstić information content (AvgIpc) is 2.42. The fourth-order valence-corrected chi connectivity index (χ4v) is 2.83. The maximum atomic E-state index is 13.4. The first-order chi connectivity index (χ1) is 9.54. The van der Waals surface area contributed by atoms with Gasteiger partial charge in [0.15, 0.2) is 0 Å². The third kappa shape index (κ3) is 3.02. The number of hydrogen-bond acceptors (Lipinski definition) is 4. The molecule has 1 aliphatic heterocycles. The molecule has 1 aromatic carbocycles. The third-order valence-corrected chi connectivity index (χ3v) is 3.90. The summed E-state index contributed by atoms with van der Waals surface area (Å²) in [5.74, 6) is -0.794. The smallest absolute Gasteiger partial charge is 0.295 e. The third-order valence-electron chi connectivity index (χ3n) is 3.61. The van der Waals surface area contributed by atoms with Gasteiger partial charge in [-0.05, 0) is 31.7 Å². The number of aliphatic hydroxyl groups is 1. The van der Waals surface area contributed by atoms with E-state index in [0.717, 1.165) is 25.3 Å². The lowest BCUT2D eigenvalue weighted by molar-refractivity contribution is -0.384. The molecule has 0 aromatic heterocycles. The van der Waals surface area contributed by atoms with Gasteiger partial charge in [0, 0.05) is 19.2 Å². The second-order valence-electron chi connectivity index (χ2n) is 4.87. The van der Waals surface area contributed by atoms with Gasteiger partial charge in [0.2, 0.25) is 0 Å². The molecule has 1 N–H and O–H groups in total. The van der Waals surface area contributed by atoms with Gasteiger partial charge < -0.3 is 10.0 Å². The molecule has 20 heavy (non-hydrogen) atoms. The molecule has 1 aromatic rings. The van der Waals surface area contributed by atoms with Gasteiger partial charge in [-0.1, -0.05) is 11.6 Å². The number of aliphatic hydroxyl groups excluding tert-OH is 1. The number of hydrogen-bond donors (Lipinski definition) is 1. The van der Waals surface area contributed by atoms with Crippen molar-refractivity contribution >= 4 is 23.0 Å². The number of benzene rings is 1. The fourth-order valence-electron chi connectivity index (χ4n) is 2.67. The lowest BCUT2D eigenvalue weighted by Gasteiger charge is -2.37. The molecule has 2 rings (SSSR count). The van der Waals surface area contributed by atoms with Crippen LogP contribution in [-0.4, -0.2) is 29.2 Å². The van der Waals surface area contributed by atoms with E-state index >= 15 is 0 Å². The molecular weight excluding hydrogens is 287 g/mol. The van der Waals surface area contributed by atoms with Crippen LogP contribution in [0.25, 0.3) is 0 Å². The van der Waals surface area contributed by atoms with Crippen molar-refractivity contribution in [3.05, 3.63) is 33.1 Å². The molecule has 0 amide bonds. The van der Waals surface area contributed by atoms with E-state index in [9.17, 15) is 14.5 Å². The van der Waals surface area contributed by atoms with Crippen LogP contribution in [0.5, 0.6) is 0 Å². The molecule has 0 bridgehead atoms. The van der Waals surface area contributed by atoms with E-state index in [0.29, 0.717) is 18.7 Å². The molecule has 0 aliphatic carbocycles.